The van der Waals surface area contributed by atoms with E-state index in [1.165, 1.54) is 11.3 Å². The van der Waals surface area contributed by atoms with Gasteiger partial charge in [0.1, 0.15) is 0 Å². The number of para-hydroxylation sites is 1. The second-order valence-electron chi connectivity index (χ2n) is 3.98. The van der Waals surface area contributed by atoms with Crippen molar-refractivity contribution in [3.05, 3.63) is 24.3 Å². The Morgan fingerprint density at radius 1 is 1.35 bits per heavy atom. The first-order chi connectivity index (χ1) is 8.18. The van der Waals surface area contributed by atoms with Gasteiger partial charge in [-0.2, -0.15) is 0 Å². The van der Waals surface area contributed by atoms with Gasteiger partial charge in [0.15, 0.2) is 0 Å². The second-order valence-corrected chi connectivity index (χ2v) is 7.41. The highest BCUT2D eigenvalue weighted by atomic mass is 32.2. The minimum atomic E-state index is -3.32. The number of ether oxygens (including phenoxy) is 1. The minimum absolute atomic E-state index is 0.217. The normalized spacial score (nSPS) is 21.1. The summed E-state index contributed by atoms with van der Waals surface area (Å²) in [6.45, 7) is 0.813. The van der Waals surface area contributed by atoms with Crippen molar-refractivity contribution in [3.8, 4) is 0 Å². The Morgan fingerprint density at radius 3 is 2.88 bits per heavy atom. The van der Waals surface area contributed by atoms with Crippen LogP contribution >= 0.6 is 11.3 Å². The summed E-state index contributed by atoms with van der Waals surface area (Å²) in [5, 5.41) is -0.428. The molecular weight excluding hydrogens is 258 g/mol. The molecule has 0 radical (unpaired) electrons. The van der Waals surface area contributed by atoms with E-state index >= 15 is 0 Å². The average Bonchev–Trinajstić information content (AvgIpc) is 2.98. The van der Waals surface area contributed by atoms with E-state index in [-0.39, 0.29) is 10.9 Å². The Kier molecular flexibility index (Phi) is 2.65. The molecule has 1 aliphatic heterocycles. The van der Waals surface area contributed by atoms with Crippen LogP contribution < -0.4 is 0 Å². The summed E-state index contributed by atoms with van der Waals surface area (Å²) in [6.07, 6.45) is 0.568. The minimum Gasteiger partial charge on any atom is -0.380 e. The molecule has 90 valence electrons. The average molecular weight is 269 g/mol. The predicted molar refractivity (Wildman–Crippen MR) is 66.0 cm³/mol. The first kappa shape index (κ1) is 11.1. The van der Waals surface area contributed by atoms with Crippen LogP contribution in [0.25, 0.3) is 10.2 Å². The highest BCUT2D eigenvalue weighted by Crippen LogP contribution is 2.29. The Morgan fingerprint density at radius 2 is 2.18 bits per heavy atom. The molecule has 4 nitrogen and oxygen atoms in total. The number of fused-ring (bicyclic) bond motifs is 1. The molecule has 2 heterocycles. The second kappa shape index (κ2) is 4.04. The summed E-state index contributed by atoms with van der Waals surface area (Å²) in [7, 11) is -3.32. The summed E-state index contributed by atoms with van der Waals surface area (Å²) in [6, 6.07) is 7.46. The molecule has 1 aromatic carbocycles. The van der Waals surface area contributed by atoms with E-state index in [2.05, 4.69) is 4.98 Å². The van der Waals surface area contributed by atoms with Crippen LogP contribution in [0.1, 0.15) is 6.42 Å². The molecule has 0 N–H and O–H groups in total. The first-order valence-corrected chi connectivity index (χ1v) is 7.71. The van der Waals surface area contributed by atoms with Crippen LogP contribution in [0.5, 0.6) is 0 Å². The van der Waals surface area contributed by atoms with E-state index in [1.54, 1.807) is 0 Å². The fraction of sp³-hybridized carbons (Fsp3) is 0.364. The molecule has 1 saturated heterocycles. The van der Waals surface area contributed by atoms with Crippen molar-refractivity contribution in [1.82, 2.24) is 4.98 Å². The molecule has 1 fully saturated rings. The summed E-state index contributed by atoms with van der Waals surface area (Å²) >= 11 is 1.24. The molecule has 0 spiro atoms. The number of nitrogens with zero attached hydrogens (tertiary/aromatic N) is 1. The molecule has 0 unspecified atom stereocenters. The third kappa shape index (κ3) is 1.86. The van der Waals surface area contributed by atoms with Crippen molar-refractivity contribution in [2.24, 2.45) is 0 Å². The van der Waals surface area contributed by atoms with Crippen LogP contribution in [-0.2, 0) is 14.6 Å². The molecule has 6 heteroatoms. The topological polar surface area (TPSA) is 56.3 Å². The smallest absolute Gasteiger partial charge is 0.210 e. The van der Waals surface area contributed by atoms with Gasteiger partial charge in [0, 0.05) is 6.61 Å². The number of rotatable bonds is 2. The number of hydrogen-bond donors (Lipinski definition) is 0. The Bertz CT molecular complexity index is 609. The Labute approximate surface area is 103 Å². The molecule has 1 aliphatic rings. The highest BCUT2D eigenvalue weighted by molar-refractivity contribution is 7.94. The number of benzene rings is 1. The zero-order valence-electron chi connectivity index (χ0n) is 9.00. The summed E-state index contributed by atoms with van der Waals surface area (Å²) in [5.74, 6) is 0. The monoisotopic (exact) mass is 269 g/mol. The molecule has 2 aromatic rings. The fourth-order valence-electron chi connectivity index (χ4n) is 1.87. The molecule has 1 aromatic heterocycles. The molecule has 17 heavy (non-hydrogen) atoms. The standard InChI is InChI=1S/C11H11NO3S2/c13-17(14,8-5-6-15-7-8)11-12-9-3-1-2-4-10(9)16-11/h1-4,8H,5-7H2/t8-/m1/s1. The van der Waals surface area contributed by atoms with Crippen molar-refractivity contribution in [3.63, 3.8) is 0 Å². The van der Waals surface area contributed by atoms with Crippen LogP contribution in [0.3, 0.4) is 0 Å². The maximum atomic E-state index is 12.3. The maximum absolute atomic E-state index is 12.3. The van der Waals surface area contributed by atoms with Gasteiger partial charge in [0.2, 0.25) is 14.2 Å². The Balaban J connectivity index is 2.08. The summed E-state index contributed by atoms with van der Waals surface area (Å²) in [4.78, 5) is 4.20. The van der Waals surface area contributed by atoms with Crippen molar-refractivity contribution in [2.75, 3.05) is 13.2 Å². The number of aromatic nitrogens is 1. The predicted octanol–water partition coefficient (Wildman–Crippen LogP) is 1.86. The zero-order chi connectivity index (χ0) is 11.9. The van der Waals surface area contributed by atoms with Crippen molar-refractivity contribution < 1.29 is 13.2 Å². The van der Waals surface area contributed by atoms with Gasteiger partial charge in [-0.05, 0) is 18.6 Å². The van der Waals surface area contributed by atoms with Gasteiger partial charge in [-0.3, -0.25) is 0 Å². The number of hydrogen-bond acceptors (Lipinski definition) is 5. The molecule has 1 atom stereocenters. The lowest BCUT2D eigenvalue weighted by molar-refractivity contribution is 0.198. The number of sulfone groups is 1. The van der Waals surface area contributed by atoms with Crippen LogP contribution in [0.15, 0.2) is 28.6 Å². The van der Waals surface area contributed by atoms with Gasteiger partial charge in [-0.15, -0.1) is 11.3 Å². The molecule has 3 rings (SSSR count). The van der Waals surface area contributed by atoms with Gasteiger partial charge in [-0.1, -0.05) is 12.1 Å². The maximum Gasteiger partial charge on any atom is 0.210 e. The Hall–Kier alpha value is -0.980. The summed E-state index contributed by atoms with van der Waals surface area (Å²) in [5.41, 5.74) is 0.745. The van der Waals surface area contributed by atoms with E-state index in [0.29, 0.717) is 13.0 Å². The van der Waals surface area contributed by atoms with Gasteiger partial charge in [-0.25, -0.2) is 13.4 Å². The van der Waals surface area contributed by atoms with Crippen LogP contribution in [0, 0.1) is 0 Å². The van der Waals surface area contributed by atoms with Crippen LogP contribution in [0.4, 0.5) is 0 Å². The number of thiazole rings is 1. The van der Waals surface area contributed by atoms with Crippen LogP contribution in [0.2, 0.25) is 0 Å². The molecule has 0 amide bonds. The fourth-order valence-corrected chi connectivity index (χ4v) is 4.90. The molecule has 0 saturated carbocycles. The van der Waals surface area contributed by atoms with Crippen molar-refractivity contribution in [2.45, 2.75) is 16.0 Å². The largest absolute Gasteiger partial charge is 0.380 e. The SMILES string of the molecule is O=S(=O)(c1nc2ccccc2s1)[C@@H]1CCOC1. The van der Waals surface area contributed by atoms with Gasteiger partial charge in [0.25, 0.3) is 0 Å². The molecular formula is C11H11NO3S2. The first-order valence-electron chi connectivity index (χ1n) is 5.35. The highest BCUT2D eigenvalue weighted by Gasteiger charge is 2.33. The van der Waals surface area contributed by atoms with Gasteiger partial charge in [0.05, 0.1) is 22.1 Å². The lowest BCUT2D eigenvalue weighted by Crippen LogP contribution is -2.21. The lowest BCUT2D eigenvalue weighted by Gasteiger charge is -2.05. The lowest BCUT2D eigenvalue weighted by atomic mass is 10.3. The molecule has 0 aliphatic carbocycles. The van der Waals surface area contributed by atoms with Gasteiger partial charge < -0.3 is 4.74 Å². The quantitative estimate of drug-likeness (QED) is 0.835. The van der Waals surface area contributed by atoms with E-state index in [0.717, 1.165) is 10.2 Å². The van der Waals surface area contributed by atoms with E-state index in [9.17, 15) is 8.42 Å². The third-order valence-corrected chi connectivity index (χ3v) is 6.45. The van der Waals surface area contributed by atoms with E-state index in [4.69, 9.17) is 4.74 Å². The van der Waals surface area contributed by atoms with E-state index in [1.807, 2.05) is 24.3 Å². The third-order valence-electron chi connectivity index (χ3n) is 2.84. The summed E-state index contributed by atoms with van der Waals surface area (Å²) < 4.78 is 30.8. The van der Waals surface area contributed by atoms with Gasteiger partial charge >= 0.3 is 0 Å². The molecule has 0 bridgehead atoms. The van der Waals surface area contributed by atoms with Crippen LogP contribution in [-0.4, -0.2) is 31.9 Å². The van der Waals surface area contributed by atoms with Crippen molar-refractivity contribution in [1.29, 1.82) is 0 Å². The van der Waals surface area contributed by atoms with E-state index < -0.39 is 15.1 Å². The van der Waals surface area contributed by atoms with Crippen molar-refractivity contribution >= 4 is 31.4 Å². The zero-order valence-corrected chi connectivity index (χ0v) is 10.6.